The number of piperidine rings is 1. The van der Waals surface area contributed by atoms with Gasteiger partial charge in [0.2, 0.25) is 0 Å². The number of aryl methyl sites for hydroxylation is 1. The molecule has 1 unspecified atom stereocenters. The first-order chi connectivity index (χ1) is 13.0. The summed E-state index contributed by atoms with van der Waals surface area (Å²) in [6.07, 6.45) is 3.51. The van der Waals surface area contributed by atoms with Gasteiger partial charge in [0.05, 0.1) is 12.7 Å². The van der Waals surface area contributed by atoms with Crippen LogP contribution in [0.1, 0.15) is 29.5 Å². The zero-order valence-corrected chi connectivity index (χ0v) is 16.3. The van der Waals surface area contributed by atoms with Crippen molar-refractivity contribution >= 4 is 0 Å². The number of aliphatic hydroxyl groups is 1. The van der Waals surface area contributed by atoms with E-state index in [-0.39, 0.29) is 6.10 Å². The lowest BCUT2D eigenvalue weighted by Gasteiger charge is -2.39. The van der Waals surface area contributed by atoms with Gasteiger partial charge in [-0.25, -0.2) is 0 Å². The van der Waals surface area contributed by atoms with Crippen LogP contribution >= 0.6 is 0 Å². The Bertz CT molecular complexity index is 779. The quantitative estimate of drug-likeness (QED) is 0.880. The molecule has 2 aromatic rings. The van der Waals surface area contributed by atoms with Crippen LogP contribution < -0.4 is 9.47 Å². The van der Waals surface area contributed by atoms with Crippen molar-refractivity contribution in [3.63, 3.8) is 0 Å². The summed E-state index contributed by atoms with van der Waals surface area (Å²) in [5.74, 6) is 1.79. The maximum Gasteiger partial charge on any atom is 0.126 e. The van der Waals surface area contributed by atoms with Crippen LogP contribution in [0.4, 0.5) is 0 Å². The molecule has 1 N–H and O–H groups in total. The van der Waals surface area contributed by atoms with Crippen molar-refractivity contribution in [2.24, 2.45) is 0 Å². The lowest BCUT2D eigenvalue weighted by Crippen LogP contribution is -2.48. The van der Waals surface area contributed by atoms with E-state index in [4.69, 9.17) is 9.47 Å². The van der Waals surface area contributed by atoms with Crippen molar-refractivity contribution in [3.8, 4) is 11.5 Å². The highest BCUT2D eigenvalue weighted by atomic mass is 16.5. The normalized spacial score (nSPS) is 21.5. The molecule has 0 spiro atoms. The zero-order chi connectivity index (χ0) is 18.9. The molecular formula is C23H29NO3. The molecule has 144 valence electrons. The Morgan fingerprint density at radius 3 is 2.59 bits per heavy atom. The predicted octanol–water partition coefficient (Wildman–Crippen LogP) is 3.38. The number of nitrogens with zero attached hydrogens (tertiary/aromatic N) is 1. The molecule has 2 aliphatic rings. The van der Waals surface area contributed by atoms with E-state index < -0.39 is 5.60 Å². The number of benzene rings is 2. The first-order valence-electron chi connectivity index (χ1n) is 9.87. The van der Waals surface area contributed by atoms with Gasteiger partial charge in [-0.2, -0.15) is 0 Å². The van der Waals surface area contributed by atoms with Crippen molar-refractivity contribution < 1.29 is 14.6 Å². The van der Waals surface area contributed by atoms with Crippen molar-refractivity contribution in [3.05, 3.63) is 59.2 Å². The second-order valence-electron chi connectivity index (χ2n) is 8.10. The van der Waals surface area contributed by atoms with E-state index in [1.807, 2.05) is 12.1 Å². The van der Waals surface area contributed by atoms with Gasteiger partial charge in [0.25, 0.3) is 0 Å². The third-order valence-corrected chi connectivity index (χ3v) is 5.92. The Morgan fingerprint density at radius 1 is 1.15 bits per heavy atom. The number of rotatable bonds is 5. The minimum absolute atomic E-state index is 0.190. The maximum atomic E-state index is 11.0. The first-order valence-corrected chi connectivity index (χ1v) is 9.87. The summed E-state index contributed by atoms with van der Waals surface area (Å²) in [7, 11) is 1.68. The number of hydrogen-bond acceptors (Lipinski definition) is 4. The summed E-state index contributed by atoms with van der Waals surface area (Å²) in [4.78, 5) is 2.43. The van der Waals surface area contributed by atoms with Gasteiger partial charge in [0.1, 0.15) is 17.6 Å². The first kappa shape index (κ1) is 18.3. The lowest BCUT2D eigenvalue weighted by atomic mass is 9.85. The number of hydrogen-bond donors (Lipinski definition) is 1. The molecule has 2 aliphatic heterocycles. The molecule has 4 rings (SSSR count). The van der Waals surface area contributed by atoms with Crippen LogP contribution in [0.3, 0.4) is 0 Å². The fourth-order valence-electron chi connectivity index (χ4n) is 4.21. The average Bonchev–Trinajstić information content (AvgIpc) is 3.07. The van der Waals surface area contributed by atoms with Crippen LogP contribution in [0, 0.1) is 6.92 Å². The molecule has 0 bridgehead atoms. The van der Waals surface area contributed by atoms with E-state index in [2.05, 4.69) is 42.2 Å². The van der Waals surface area contributed by atoms with Gasteiger partial charge in [-0.1, -0.05) is 35.9 Å². The van der Waals surface area contributed by atoms with Crippen LogP contribution in [0.5, 0.6) is 11.5 Å². The summed E-state index contributed by atoms with van der Waals surface area (Å²) < 4.78 is 11.4. The smallest absolute Gasteiger partial charge is 0.126 e. The second kappa shape index (κ2) is 7.53. The van der Waals surface area contributed by atoms with Gasteiger partial charge in [-0.05, 0) is 37.0 Å². The molecule has 1 saturated heterocycles. The molecular weight excluding hydrogens is 338 g/mol. The molecule has 4 nitrogen and oxygen atoms in total. The van der Waals surface area contributed by atoms with Gasteiger partial charge in [0.15, 0.2) is 0 Å². The minimum Gasteiger partial charge on any atom is -0.497 e. The van der Waals surface area contributed by atoms with Crippen molar-refractivity contribution in [2.75, 3.05) is 26.7 Å². The van der Waals surface area contributed by atoms with E-state index in [1.165, 1.54) is 16.7 Å². The minimum atomic E-state index is -0.585. The van der Waals surface area contributed by atoms with E-state index in [0.29, 0.717) is 0 Å². The van der Waals surface area contributed by atoms with Crippen molar-refractivity contribution in [1.29, 1.82) is 0 Å². The van der Waals surface area contributed by atoms with Crippen molar-refractivity contribution in [1.82, 2.24) is 4.90 Å². The van der Waals surface area contributed by atoms with Gasteiger partial charge >= 0.3 is 0 Å². The summed E-state index contributed by atoms with van der Waals surface area (Å²) in [5.41, 5.74) is 3.16. The number of likely N-dealkylation sites (tertiary alicyclic amines) is 1. The Labute approximate surface area is 161 Å². The second-order valence-corrected chi connectivity index (χ2v) is 8.10. The average molecular weight is 367 g/mol. The fraction of sp³-hybridized carbons (Fsp3) is 0.478. The summed E-state index contributed by atoms with van der Waals surface area (Å²) >= 11 is 0. The molecule has 4 heteroatoms. The van der Waals surface area contributed by atoms with Gasteiger partial charge in [-0.3, -0.25) is 4.90 Å². The molecule has 2 aromatic carbocycles. The van der Waals surface area contributed by atoms with Crippen LogP contribution in [0.25, 0.3) is 0 Å². The Morgan fingerprint density at radius 2 is 1.89 bits per heavy atom. The van der Waals surface area contributed by atoms with Crippen LogP contribution in [0.15, 0.2) is 42.5 Å². The maximum absolute atomic E-state index is 11.0. The molecule has 1 atom stereocenters. The molecule has 0 aliphatic carbocycles. The number of fused-ring (bicyclic) bond motifs is 1. The SMILES string of the molecule is COc1ccc2c(c1)OC(CN1CCC(O)(Cc3ccc(C)cc3)CC1)C2. The third kappa shape index (κ3) is 4.28. The van der Waals surface area contributed by atoms with Crippen LogP contribution in [0.2, 0.25) is 0 Å². The molecule has 2 heterocycles. The highest BCUT2D eigenvalue weighted by molar-refractivity contribution is 5.43. The highest BCUT2D eigenvalue weighted by Crippen LogP contribution is 2.33. The number of methoxy groups -OCH3 is 1. The Balaban J connectivity index is 1.29. The molecule has 0 amide bonds. The van der Waals surface area contributed by atoms with Gasteiger partial charge in [0, 0.05) is 38.5 Å². The Hall–Kier alpha value is -2.04. The Kier molecular flexibility index (Phi) is 5.11. The highest BCUT2D eigenvalue weighted by Gasteiger charge is 2.34. The largest absolute Gasteiger partial charge is 0.497 e. The molecule has 0 radical (unpaired) electrons. The third-order valence-electron chi connectivity index (χ3n) is 5.92. The molecule has 27 heavy (non-hydrogen) atoms. The van der Waals surface area contributed by atoms with E-state index >= 15 is 0 Å². The van der Waals surface area contributed by atoms with E-state index in [0.717, 1.165) is 56.8 Å². The topological polar surface area (TPSA) is 41.9 Å². The molecule has 0 aromatic heterocycles. The summed E-state index contributed by atoms with van der Waals surface area (Å²) in [6.45, 7) is 4.85. The van der Waals surface area contributed by atoms with Crippen LogP contribution in [-0.2, 0) is 12.8 Å². The number of ether oxygens (including phenoxy) is 2. The standard InChI is InChI=1S/C23H29NO3/c1-17-3-5-18(6-4-17)15-23(25)9-11-24(12-10-23)16-21-13-19-7-8-20(26-2)14-22(19)27-21/h3-8,14,21,25H,9-13,15-16H2,1-2H3. The van der Waals surface area contributed by atoms with Crippen LogP contribution in [-0.4, -0.2) is 48.5 Å². The summed E-state index contributed by atoms with van der Waals surface area (Å²) in [6, 6.07) is 14.6. The molecule has 1 fully saturated rings. The summed E-state index contributed by atoms with van der Waals surface area (Å²) in [5, 5.41) is 11.0. The van der Waals surface area contributed by atoms with E-state index in [1.54, 1.807) is 7.11 Å². The lowest BCUT2D eigenvalue weighted by molar-refractivity contribution is -0.0265. The van der Waals surface area contributed by atoms with Gasteiger partial charge in [-0.15, -0.1) is 0 Å². The van der Waals surface area contributed by atoms with Crippen molar-refractivity contribution in [2.45, 2.75) is 44.3 Å². The fourth-order valence-corrected chi connectivity index (χ4v) is 4.21. The molecule has 0 saturated carbocycles. The zero-order valence-electron chi connectivity index (χ0n) is 16.3. The monoisotopic (exact) mass is 367 g/mol. The van der Waals surface area contributed by atoms with Gasteiger partial charge < -0.3 is 14.6 Å². The predicted molar refractivity (Wildman–Crippen MR) is 107 cm³/mol. The van der Waals surface area contributed by atoms with E-state index in [9.17, 15) is 5.11 Å².